The number of carbonyl (C=O) groups is 5. The Balaban J connectivity index is 1.23. The number of nitrogens with two attached hydrogens (primary N) is 1. The summed E-state index contributed by atoms with van der Waals surface area (Å²) in [6.07, 6.45) is 7.12. The Labute approximate surface area is 310 Å². The van der Waals surface area contributed by atoms with Crippen molar-refractivity contribution in [2.45, 2.75) is 94.3 Å². The van der Waals surface area contributed by atoms with Gasteiger partial charge in [0.2, 0.25) is 23.6 Å². The standard InChI is InChI=1S/C39H53N5O7S/c1-37(2,27-10-12-28(45)13-11-27)32(40)35(49)43-29(14-15-52-4)33(47)41-22-31(46)42-30(17-24-8-6-5-7-9-24)34(48)44-39-20-25-16-26(21-39)19-38(18-25,23-39)36(50)51-3/h5-13,25-26,29-30,32,45H,14-23,40H2,1-4H3,(H,41,47)(H,42,46)(H,43,49)(H,44,48)/t25?,26?,29-,30+,32-,38?,39?/m1/s1. The highest BCUT2D eigenvalue weighted by molar-refractivity contribution is 7.98. The van der Waals surface area contributed by atoms with E-state index in [1.54, 1.807) is 12.1 Å². The van der Waals surface area contributed by atoms with Crippen LogP contribution < -0.4 is 27.0 Å². The van der Waals surface area contributed by atoms with Gasteiger partial charge in [0.1, 0.15) is 17.8 Å². The Morgan fingerprint density at radius 2 is 1.58 bits per heavy atom. The molecule has 2 aromatic carbocycles. The molecule has 13 heteroatoms. The third kappa shape index (κ3) is 8.91. The van der Waals surface area contributed by atoms with Crippen LogP contribution in [0.4, 0.5) is 0 Å². The molecule has 0 radical (unpaired) electrons. The van der Waals surface area contributed by atoms with Gasteiger partial charge in [0.15, 0.2) is 0 Å². The fourth-order valence-electron chi connectivity index (χ4n) is 8.97. The van der Waals surface area contributed by atoms with Crippen LogP contribution in [0.25, 0.3) is 0 Å². The molecule has 0 saturated heterocycles. The number of esters is 1. The van der Waals surface area contributed by atoms with E-state index in [1.807, 2.05) is 50.4 Å². The molecular weight excluding hydrogens is 683 g/mol. The van der Waals surface area contributed by atoms with Crippen molar-refractivity contribution >= 4 is 41.4 Å². The first-order valence-corrected chi connectivity index (χ1v) is 19.4. The zero-order chi connectivity index (χ0) is 37.7. The van der Waals surface area contributed by atoms with Crippen LogP contribution in [0, 0.1) is 17.3 Å². The van der Waals surface area contributed by atoms with Gasteiger partial charge in [-0.1, -0.05) is 56.3 Å². The quantitative estimate of drug-likeness (QED) is 0.141. The lowest BCUT2D eigenvalue weighted by Gasteiger charge is -2.60. The van der Waals surface area contributed by atoms with E-state index in [0.29, 0.717) is 30.4 Å². The summed E-state index contributed by atoms with van der Waals surface area (Å²) in [7, 11) is 1.42. The molecule has 4 aliphatic carbocycles. The molecule has 7 N–H and O–H groups in total. The van der Waals surface area contributed by atoms with Crippen molar-refractivity contribution in [2.75, 3.05) is 25.7 Å². The van der Waals surface area contributed by atoms with Gasteiger partial charge in [-0.15, -0.1) is 0 Å². The Kier molecular flexibility index (Phi) is 12.2. The molecule has 12 nitrogen and oxygen atoms in total. The first-order valence-electron chi connectivity index (χ1n) is 18.0. The van der Waals surface area contributed by atoms with Gasteiger partial charge in [-0.25, -0.2) is 0 Å². The maximum absolute atomic E-state index is 14.1. The minimum Gasteiger partial charge on any atom is -0.508 e. The van der Waals surface area contributed by atoms with E-state index in [4.69, 9.17) is 10.5 Å². The van der Waals surface area contributed by atoms with Crippen molar-refractivity contribution in [1.29, 1.82) is 0 Å². The number of hydrogen-bond donors (Lipinski definition) is 6. The number of methoxy groups -OCH3 is 1. The summed E-state index contributed by atoms with van der Waals surface area (Å²) in [6, 6.07) is 12.9. The second kappa shape index (κ2) is 16.3. The minimum atomic E-state index is -1.02. The van der Waals surface area contributed by atoms with Crippen molar-refractivity contribution in [3.05, 3.63) is 65.7 Å². The van der Waals surface area contributed by atoms with Crippen molar-refractivity contribution < 1.29 is 33.8 Å². The number of amides is 4. The number of carbonyl (C=O) groups excluding carboxylic acids is 5. The molecule has 4 fully saturated rings. The van der Waals surface area contributed by atoms with E-state index >= 15 is 0 Å². The molecule has 2 aromatic rings. The second-order valence-electron chi connectivity index (χ2n) is 15.6. The third-order valence-electron chi connectivity index (χ3n) is 11.3. The molecule has 0 aromatic heterocycles. The highest BCUT2D eigenvalue weighted by Gasteiger charge is 2.61. The molecule has 2 unspecified atom stereocenters. The fraction of sp³-hybridized carbons (Fsp3) is 0.564. The van der Waals surface area contributed by atoms with Gasteiger partial charge < -0.3 is 36.8 Å². The van der Waals surface area contributed by atoms with Gasteiger partial charge >= 0.3 is 5.97 Å². The molecule has 4 saturated carbocycles. The van der Waals surface area contributed by atoms with Crippen molar-refractivity contribution in [3.8, 4) is 5.75 Å². The van der Waals surface area contributed by atoms with Crippen LogP contribution in [0.2, 0.25) is 0 Å². The lowest BCUT2D eigenvalue weighted by molar-refractivity contribution is -0.173. The SMILES string of the molecule is COC(=O)C12CC3CC(CC(NC(=O)[C@H](Cc4ccccc4)NC(=O)CNC(=O)[C@@H](CCSC)NC(=O)[C@@H](N)C(C)(C)c4ccc(O)cc4)(C3)C1)C2. The van der Waals surface area contributed by atoms with Gasteiger partial charge in [-0.2, -0.15) is 11.8 Å². The predicted octanol–water partition coefficient (Wildman–Crippen LogP) is 2.71. The van der Waals surface area contributed by atoms with Crippen LogP contribution in [-0.2, 0) is 40.5 Å². The van der Waals surface area contributed by atoms with Crippen LogP contribution in [0.15, 0.2) is 54.6 Å². The molecule has 0 spiro atoms. The fourth-order valence-corrected chi connectivity index (χ4v) is 9.44. The number of hydrogen-bond acceptors (Lipinski definition) is 9. The van der Waals surface area contributed by atoms with Crippen LogP contribution >= 0.6 is 11.8 Å². The van der Waals surface area contributed by atoms with E-state index in [0.717, 1.165) is 43.2 Å². The molecular formula is C39H53N5O7S. The average molecular weight is 736 g/mol. The van der Waals surface area contributed by atoms with Gasteiger partial charge in [0.05, 0.1) is 25.1 Å². The number of phenols is 1. The van der Waals surface area contributed by atoms with Gasteiger partial charge in [0, 0.05) is 17.4 Å². The van der Waals surface area contributed by atoms with Crippen molar-refractivity contribution in [1.82, 2.24) is 21.3 Å². The first-order chi connectivity index (χ1) is 24.7. The zero-order valence-electron chi connectivity index (χ0n) is 30.5. The molecule has 6 rings (SSSR count). The van der Waals surface area contributed by atoms with Gasteiger partial charge in [0.25, 0.3) is 0 Å². The Morgan fingerprint density at radius 1 is 0.923 bits per heavy atom. The largest absolute Gasteiger partial charge is 0.508 e. The number of ether oxygens (including phenoxy) is 1. The molecule has 5 atom stereocenters. The van der Waals surface area contributed by atoms with Crippen molar-refractivity contribution in [3.63, 3.8) is 0 Å². The normalized spacial score (nSPS) is 24.9. The molecule has 52 heavy (non-hydrogen) atoms. The Morgan fingerprint density at radius 3 is 2.19 bits per heavy atom. The Bertz CT molecular complexity index is 1600. The zero-order valence-corrected chi connectivity index (χ0v) is 31.4. The van der Waals surface area contributed by atoms with Crippen LogP contribution in [0.3, 0.4) is 0 Å². The van der Waals surface area contributed by atoms with Crippen LogP contribution in [0.1, 0.15) is 69.9 Å². The average Bonchev–Trinajstić information content (AvgIpc) is 3.11. The van der Waals surface area contributed by atoms with Crippen molar-refractivity contribution in [2.24, 2.45) is 23.0 Å². The molecule has 4 amide bonds. The lowest BCUT2D eigenvalue weighted by atomic mass is 9.47. The highest BCUT2D eigenvalue weighted by Crippen LogP contribution is 2.62. The maximum Gasteiger partial charge on any atom is 0.311 e. The monoisotopic (exact) mass is 735 g/mol. The summed E-state index contributed by atoms with van der Waals surface area (Å²) in [5, 5.41) is 21.2. The number of rotatable bonds is 16. The minimum absolute atomic E-state index is 0.0959. The maximum atomic E-state index is 14.1. The van der Waals surface area contributed by atoms with E-state index in [-0.39, 0.29) is 24.0 Å². The molecule has 4 aliphatic rings. The lowest BCUT2D eigenvalue weighted by Crippen LogP contribution is -2.67. The van der Waals surface area contributed by atoms with Gasteiger partial charge in [-0.05, 0) is 92.0 Å². The molecule has 0 heterocycles. The van der Waals surface area contributed by atoms with E-state index in [2.05, 4.69) is 21.3 Å². The summed E-state index contributed by atoms with van der Waals surface area (Å²) in [4.78, 5) is 67.2. The summed E-state index contributed by atoms with van der Waals surface area (Å²) >= 11 is 1.51. The van der Waals surface area contributed by atoms with E-state index in [9.17, 15) is 29.1 Å². The number of thioether (sulfide) groups is 1. The number of phenolic OH excluding ortho intramolecular Hbond substituents is 1. The number of benzene rings is 2. The number of nitrogens with one attached hydrogen (secondary N) is 4. The summed E-state index contributed by atoms with van der Waals surface area (Å²) < 4.78 is 5.24. The van der Waals surface area contributed by atoms with Gasteiger partial charge in [-0.3, -0.25) is 24.0 Å². The molecule has 282 valence electrons. The Hall–Kier alpha value is -4.10. The summed E-state index contributed by atoms with van der Waals surface area (Å²) in [5.74, 6) is -0.848. The molecule has 0 aliphatic heterocycles. The van der Waals surface area contributed by atoms with E-state index in [1.165, 1.54) is 31.0 Å². The predicted molar refractivity (Wildman–Crippen MR) is 199 cm³/mol. The summed E-state index contributed by atoms with van der Waals surface area (Å²) in [5.41, 5.74) is 6.05. The third-order valence-corrected chi connectivity index (χ3v) is 12.0. The van der Waals surface area contributed by atoms with Crippen LogP contribution in [-0.4, -0.2) is 84.0 Å². The smallest absolute Gasteiger partial charge is 0.311 e. The second-order valence-corrected chi connectivity index (χ2v) is 16.6. The first kappa shape index (κ1) is 39.1. The van der Waals surface area contributed by atoms with Crippen LogP contribution in [0.5, 0.6) is 5.75 Å². The highest BCUT2D eigenvalue weighted by atomic mass is 32.2. The van der Waals surface area contributed by atoms with E-state index < -0.39 is 58.8 Å². The molecule has 4 bridgehead atoms. The number of aromatic hydroxyl groups is 1. The topological polar surface area (TPSA) is 189 Å². The summed E-state index contributed by atoms with van der Waals surface area (Å²) in [6.45, 7) is 3.22.